The Morgan fingerprint density at radius 2 is 1.70 bits per heavy atom. The molecule has 1 aromatic carbocycles. The molecule has 1 N–H and O–H groups in total. The molecule has 0 aliphatic carbocycles. The molecule has 2 nitrogen and oxygen atoms in total. The Morgan fingerprint density at radius 1 is 1.05 bits per heavy atom. The molecule has 0 heterocycles. The number of benzene rings is 1. The van der Waals surface area contributed by atoms with Crippen LogP contribution in [0.4, 0.5) is 0 Å². The summed E-state index contributed by atoms with van der Waals surface area (Å²) in [6.45, 7) is 5.15. The molecule has 20 heavy (non-hydrogen) atoms. The summed E-state index contributed by atoms with van der Waals surface area (Å²) < 4.78 is 0. The number of hydrogen-bond acceptors (Lipinski definition) is 2. The lowest BCUT2D eigenvalue weighted by Gasteiger charge is -2.06. The summed E-state index contributed by atoms with van der Waals surface area (Å²) in [6, 6.07) is 9.39. The summed E-state index contributed by atoms with van der Waals surface area (Å²) in [5, 5.41) is 3.31. The number of carbonyl (C=O) groups excluding carboxylic acids is 1. The molecule has 0 saturated carbocycles. The van der Waals surface area contributed by atoms with Gasteiger partial charge in [0, 0.05) is 23.9 Å². The zero-order valence-corrected chi connectivity index (χ0v) is 12.8. The molecule has 0 aliphatic heterocycles. The van der Waals surface area contributed by atoms with Crippen LogP contribution in [0, 0.1) is 0 Å². The van der Waals surface area contributed by atoms with E-state index in [1.165, 1.54) is 38.5 Å². The van der Waals surface area contributed by atoms with Gasteiger partial charge >= 0.3 is 0 Å². The summed E-state index contributed by atoms with van der Waals surface area (Å²) in [4.78, 5) is 11.9. The summed E-state index contributed by atoms with van der Waals surface area (Å²) in [5.74, 6) is 0.0681. The highest BCUT2D eigenvalue weighted by atomic mass is 16.1. The van der Waals surface area contributed by atoms with Gasteiger partial charge in [-0.05, 0) is 13.3 Å². The van der Waals surface area contributed by atoms with Crippen molar-refractivity contribution < 1.29 is 4.79 Å². The lowest BCUT2D eigenvalue weighted by Crippen LogP contribution is -2.14. The van der Waals surface area contributed by atoms with Gasteiger partial charge < -0.3 is 5.32 Å². The largest absolute Gasteiger partial charge is 0.388 e. The number of carbonyl (C=O) groups is 1. The van der Waals surface area contributed by atoms with Crippen LogP contribution in [0.1, 0.15) is 62.7 Å². The van der Waals surface area contributed by atoms with E-state index in [9.17, 15) is 4.79 Å². The lowest BCUT2D eigenvalue weighted by atomic mass is 10.1. The van der Waals surface area contributed by atoms with Crippen LogP contribution in [-0.2, 0) is 0 Å². The zero-order chi connectivity index (χ0) is 14.6. The van der Waals surface area contributed by atoms with Crippen LogP contribution in [-0.4, -0.2) is 12.3 Å². The Labute approximate surface area is 123 Å². The van der Waals surface area contributed by atoms with Crippen LogP contribution in [0.25, 0.3) is 0 Å². The van der Waals surface area contributed by atoms with Crippen molar-refractivity contribution in [3.63, 3.8) is 0 Å². The Morgan fingerprint density at radius 3 is 2.40 bits per heavy atom. The number of rotatable bonds is 10. The number of allylic oxidation sites excluding steroid dienone is 2. The zero-order valence-electron chi connectivity index (χ0n) is 12.8. The average Bonchev–Trinajstić information content (AvgIpc) is 2.47. The van der Waals surface area contributed by atoms with Crippen LogP contribution < -0.4 is 5.32 Å². The molecular weight excluding hydrogens is 246 g/mol. The van der Waals surface area contributed by atoms with Crippen LogP contribution in [0.3, 0.4) is 0 Å². The van der Waals surface area contributed by atoms with E-state index in [1.807, 2.05) is 37.3 Å². The summed E-state index contributed by atoms with van der Waals surface area (Å²) in [5.41, 5.74) is 1.70. The Bertz CT molecular complexity index is 409. The van der Waals surface area contributed by atoms with Gasteiger partial charge in [-0.1, -0.05) is 69.4 Å². The molecule has 0 aromatic heterocycles. The van der Waals surface area contributed by atoms with Gasteiger partial charge in [0.05, 0.1) is 0 Å². The summed E-state index contributed by atoms with van der Waals surface area (Å²) >= 11 is 0. The number of nitrogens with one attached hydrogen (secondary N) is 1. The SMILES string of the molecule is CCCCCCCCN/C(C)=C\C(=O)c1ccccc1. The molecule has 2 heteroatoms. The quantitative estimate of drug-likeness (QED) is 0.379. The van der Waals surface area contributed by atoms with E-state index in [4.69, 9.17) is 0 Å². The third-order valence-electron chi connectivity index (χ3n) is 3.34. The molecule has 0 fully saturated rings. The van der Waals surface area contributed by atoms with Crippen LogP contribution in [0.2, 0.25) is 0 Å². The van der Waals surface area contributed by atoms with Gasteiger partial charge in [0.2, 0.25) is 0 Å². The van der Waals surface area contributed by atoms with E-state index in [2.05, 4.69) is 12.2 Å². The van der Waals surface area contributed by atoms with Gasteiger partial charge in [0.15, 0.2) is 5.78 Å². The average molecular weight is 273 g/mol. The van der Waals surface area contributed by atoms with Crippen molar-refractivity contribution in [1.29, 1.82) is 0 Å². The molecule has 1 rings (SSSR count). The lowest BCUT2D eigenvalue weighted by molar-refractivity contribution is 0.104. The number of ketones is 1. The van der Waals surface area contributed by atoms with Gasteiger partial charge in [-0.2, -0.15) is 0 Å². The monoisotopic (exact) mass is 273 g/mol. The first-order valence-electron chi connectivity index (χ1n) is 7.75. The first kappa shape index (κ1) is 16.5. The molecule has 0 aliphatic rings. The van der Waals surface area contributed by atoms with Crippen molar-refractivity contribution in [1.82, 2.24) is 5.32 Å². The number of unbranched alkanes of at least 4 members (excludes halogenated alkanes) is 5. The minimum Gasteiger partial charge on any atom is -0.388 e. The van der Waals surface area contributed by atoms with Gasteiger partial charge in [0.25, 0.3) is 0 Å². The summed E-state index contributed by atoms with van der Waals surface area (Å²) in [6.07, 6.45) is 9.44. The summed E-state index contributed by atoms with van der Waals surface area (Å²) in [7, 11) is 0. The number of hydrogen-bond donors (Lipinski definition) is 1. The van der Waals surface area contributed by atoms with Gasteiger partial charge in [-0.15, -0.1) is 0 Å². The highest BCUT2D eigenvalue weighted by Crippen LogP contribution is 2.05. The maximum atomic E-state index is 11.9. The Balaban J connectivity index is 2.20. The third kappa shape index (κ3) is 7.13. The normalized spacial score (nSPS) is 11.4. The molecule has 0 spiro atoms. The van der Waals surface area contributed by atoms with Crippen molar-refractivity contribution >= 4 is 5.78 Å². The van der Waals surface area contributed by atoms with Crippen LogP contribution in [0.5, 0.6) is 0 Å². The fourth-order valence-electron chi connectivity index (χ4n) is 2.12. The molecular formula is C18H27NO. The predicted octanol–water partition coefficient (Wildman–Crippen LogP) is 4.72. The van der Waals surface area contributed by atoms with E-state index in [0.29, 0.717) is 0 Å². The minimum atomic E-state index is 0.0681. The minimum absolute atomic E-state index is 0.0681. The Kier molecular flexibility index (Phi) is 8.44. The second-order valence-corrected chi connectivity index (χ2v) is 5.25. The molecule has 0 amide bonds. The maximum Gasteiger partial charge on any atom is 0.187 e. The third-order valence-corrected chi connectivity index (χ3v) is 3.34. The molecule has 0 unspecified atom stereocenters. The fourth-order valence-corrected chi connectivity index (χ4v) is 2.12. The van der Waals surface area contributed by atoms with Crippen LogP contribution in [0.15, 0.2) is 42.1 Å². The molecule has 1 aromatic rings. The van der Waals surface area contributed by atoms with E-state index < -0.39 is 0 Å². The smallest absolute Gasteiger partial charge is 0.187 e. The Hall–Kier alpha value is -1.57. The van der Waals surface area contributed by atoms with Gasteiger partial charge in [-0.25, -0.2) is 0 Å². The van der Waals surface area contributed by atoms with Crippen molar-refractivity contribution in [2.75, 3.05) is 6.54 Å². The molecule has 0 bridgehead atoms. The van der Waals surface area contributed by atoms with E-state index >= 15 is 0 Å². The van der Waals surface area contributed by atoms with Crippen molar-refractivity contribution in [3.05, 3.63) is 47.7 Å². The van der Waals surface area contributed by atoms with E-state index in [0.717, 1.165) is 17.8 Å². The molecule has 110 valence electrons. The first-order chi connectivity index (χ1) is 9.74. The van der Waals surface area contributed by atoms with Gasteiger partial charge in [-0.3, -0.25) is 4.79 Å². The van der Waals surface area contributed by atoms with Gasteiger partial charge in [0.1, 0.15) is 0 Å². The second kappa shape index (κ2) is 10.2. The first-order valence-corrected chi connectivity index (χ1v) is 7.75. The van der Waals surface area contributed by atoms with Crippen molar-refractivity contribution in [3.8, 4) is 0 Å². The highest BCUT2D eigenvalue weighted by molar-refractivity contribution is 6.04. The predicted molar refractivity (Wildman–Crippen MR) is 85.9 cm³/mol. The van der Waals surface area contributed by atoms with Crippen molar-refractivity contribution in [2.45, 2.75) is 52.4 Å². The molecule has 0 saturated heterocycles. The maximum absolute atomic E-state index is 11.9. The fraction of sp³-hybridized carbons (Fsp3) is 0.500. The highest BCUT2D eigenvalue weighted by Gasteiger charge is 2.01. The van der Waals surface area contributed by atoms with Crippen molar-refractivity contribution in [2.24, 2.45) is 0 Å². The van der Waals surface area contributed by atoms with Crippen LogP contribution >= 0.6 is 0 Å². The molecule has 0 radical (unpaired) electrons. The van der Waals surface area contributed by atoms with E-state index in [-0.39, 0.29) is 5.78 Å². The second-order valence-electron chi connectivity index (χ2n) is 5.25. The topological polar surface area (TPSA) is 29.1 Å². The van der Waals surface area contributed by atoms with E-state index in [1.54, 1.807) is 6.08 Å². The standard InChI is InChI=1S/C18H27NO/c1-3-4-5-6-7-11-14-19-16(2)15-18(20)17-12-9-8-10-13-17/h8-10,12-13,15,19H,3-7,11,14H2,1-2H3/b16-15-. The molecule has 0 atom stereocenters.